The standard InChI is InChI=1S/C16H25ClN2O/c1-4-15(18)16(13-5-7-14(17)8-6-13)19-9-12(3)20-10-11(19)2/h5-8,11-12,15-16H,4,9-10,18H2,1-3H3. The summed E-state index contributed by atoms with van der Waals surface area (Å²) in [4.78, 5) is 2.48. The van der Waals surface area contributed by atoms with E-state index in [0.29, 0.717) is 6.04 Å². The first-order valence-corrected chi connectivity index (χ1v) is 7.79. The van der Waals surface area contributed by atoms with Gasteiger partial charge in [0.05, 0.1) is 18.8 Å². The van der Waals surface area contributed by atoms with Crippen LogP contribution in [-0.2, 0) is 4.74 Å². The molecule has 1 aromatic rings. The molecule has 3 nitrogen and oxygen atoms in total. The molecule has 4 unspecified atom stereocenters. The van der Waals surface area contributed by atoms with E-state index in [1.54, 1.807) is 0 Å². The number of morpholine rings is 1. The lowest BCUT2D eigenvalue weighted by Crippen LogP contribution is -2.53. The van der Waals surface area contributed by atoms with Gasteiger partial charge in [-0.15, -0.1) is 0 Å². The highest BCUT2D eigenvalue weighted by atomic mass is 35.5. The van der Waals surface area contributed by atoms with Gasteiger partial charge in [-0.05, 0) is 38.0 Å². The molecule has 0 spiro atoms. The molecule has 1 aromatic carbocycles. The van der Waals surface area contributed by atoms with Gasteiger partial charge in [-0.3, -0.25) is 4.90 Å². The van der Waals surface area contributed by atoms with Crippen molar-refractivity contribution in [2.24, 2.45) is 5.73 Å². The molecule has 1 aliphatic rings. The Morgan fingerprint density at radius 3 is 2.60 bits per heavy atom. The number of hydrogen-bond donors (Lipinski definition) is 1. The second-order valence-corrected chi connectivity index (χ2v) is 6.19. The monoisotopic (exact) mass is 296 g/mol. The van der Waals surface area contributed by atoms with Crippen LogP contribution in [0.2, 0.25) is 5.02 Å². The summed E-state index contributed by atoms with van der Waals surface area (Å²) in [6.45, 7) is 8.15. The predicted octanol–water partition coefficient (Wildman–Crippen LogP) is 3.23. The van der Waals surface area contributed by atoms with Gasteiger partial charge in [-0.2, -0.15) is 0 Å². The lowest BCUT2D eigenvalue weighted by Gasteiger charge is -2.44. The van der Waals surface area contributed by atoms with E-state index in [2.05, 4.69) is 37.8 Å². The molecule has 4 heteroatoms. The summed E-state index contributed by atoms with van der Waals surface area (Å²) < 4.78 is 5.74. The highest BCUT2D eigenvalue weighted by molar-refractivity contribution is 6.30. The highest BCUT2D eigenvalue weighted by Gasteiger charge is 2.33. The largest absolute Gasteiger partial charge is 0.376 e. The van der Waals surface area contributed by atoms with Crippen molar-refractivity contribution in [3.63, 3.8) is 0 Å². The fraction of sp³-hybridized carbons (Fsp3) is 0.625. The van der Waals surface area contributed by atoms with Crippen LogP contribution in [0.5, 0.6) is 0 Å². The molecule has 4 atom stereocenters. The Balaban J connectivity index is 2.29. The predicted molar refractivity (Wildman–Crippen MR) is 84.0 cm³/mol. The molecule has 2 rings (SSSR count). The number of halogens is 1. The first-order chi connectivity index (χ1) is 9.52. The van der Waals surface area contributed by atoms with Gasteiger partial charge in [0.1, 0.15) is 0 Å². The third-order valence-corrected chi connectivity index (χ3v) is 4.35. The molecule has 1 heterocycles. The zero-order chi connectivity index (χ0) is 14.7. The van der Waals surface area contributed by atoms with E-state index in [0.717, 1.165) is 24.6 Å². The van der Waals surface area contributed by atoms with Crippen molar-refractivity contribution < 1.29 is 4.74 Å². The minimum absolute atomic E-state index is 0.115. The molecule has 1 aliphatic heterocycles. The zero-order valence-corrected chi connectivity index (χ0v) is 13.3. The number of ether oxygens (including phenoxy) is 1. The van der Waals surface area contributed by atoms with E-state index in [1.807, 2.05) is 12.1 Å². The molecule has 1 fully saturated rings. The number of benzene rings is 1. The van der Waals surface area contributed by atoms with Gasteiger partial charge in [-0.25, -0.2) is 0 Å². The van der Waals surface area contributed by atoms with Crippen molar-refractivity contribution in [2.75, 3.05) is 13.2 Å². The van der Waals surface area contributed by atoms with Crippen LogP contribution in [0.1, 0.15) is 38.8 Å². The fourth-order valence-electron chi connectivity index (χ4n) is 2.88. The Morgan fingerprint density at radius 1 is 1.35 bits per heavy atom. The van der Waals surface area contributed by atoms with Gasteiger partial charge in [0.2, 0.25) is 0 Å². The Hall–Kier alpha value is -0.610. The molecule has 0 radical (unpaired) electrons. The maximum Gasteiger partial charge on any atom is 0.0675 e. The van der Waals surface area contributed by atoms with Crippen LogP contribution in [0.25, 0.3) is 0 Å². The van der Waals surface area contributed by atoms with Crippen LogP contribution in [0, 0.1) is 0 Å². The summed E-state index contributed by atoms with van der Waals surface area (Å²) in [6.07, 6.45) is 1.20. The summed E-state index contributed by atoms with van der Waals surface area (Å²) in [7, 11) is 0. The molecular weight excluding hydrogens is 272 g/mol. The third-order valence-electron chi connectivity index (χ3n) is 4.10. The SMILES string of the molecule is CCC(N)C(c1ccc(Cl)cc1)N1CC(C)OCC1C. The molecule has 112 valence electrons. The van der Waals surface area contributed by atoms with E-state index >= 15 is 0 Å². The summed E-state index contributed by atoms with van der Waals surface area (Å²) >= 11 is 6.00. The minimum atomic E-state index is 0.115. The van der Waals surface area contributed by atoms with Crippen molar-refractivity contribution in [3.05, 3.63) is 34.9 Å². The van der Waals surface area contributed by atoms with E-state index in [9.17, 15) is 0 Å². The van der Waals surface area contributed by atoms with Gasteiger partial charge in [0.15, 0.2) is 0 Å². The lowest BCUT2D eigenvalue weighted by atomic mass is 9.94. The molecule has 20 heavy (non-hydrogen) atoms. The number of nitrogens with two attached hydrogens (primary N) is 1. The Bertz CT molecular complexity index is 423. The van der Waals surface area contributed by atoms with E-state index in [1.165, 1.54) is 5.56 Å². The van der Waals surface area contributed by atoms with E-state index in [4.69, 9.17) is 22.1 Å². The molecular formula is C16H25ClN2O. The average molecular weight is 297 g/mol. The van der Waals surface area contributed by atoms with Crippen molar-refractivity contribution >= 4 is 11.6 Å². The van der Waals surface area contributed by atoms with Gasteiger partial charge in [0.25, 0.3) is 0 Å². The summed E-state index contributed by atoms with van der Waals surface area (Å²) in [6, 6.07) is 8.79. The molecule has 2 N–H and O–H groups in total. The Morgan fingerprint density at radius 2 is 2.00 bits per heavy atom. The highest BCUT2D eigenvalue weighted by Crippen LogP contribution is 2.30. The van der Waals surface area contributed by atoms with E-state index < -0.39 is 0 Å². The fourth-order valence-corrected chi connectivity index (χ4v) is 3.01. The maximum atomic E-state index is 6.41. The smallest absolute Gasteiger partial charge is 0.0675 e. The van der Waals surface area contributed by atoms with Crippen LogP contribution in [-0.4, -0.2) is 36.2 Å². The maximum absolute atomic E-state index is 6.41. The minimum Gasteiger partial charge on any atom is -0.376 e. The number of hydrogen-bond acceptors (Lipinski definition) is 3. The van der Waals surface area contributed by atoms with Crippen LogP contribution >= 0.6 is 11.6 Å². The lowest BCUT2D eigenvalue weighted by molar-refractivity contribution is -0.0707. The normalized spacial score (nSPS) is 27.2. The summed E-state index contributed by atoms with van der Waals surface area (Å²) in [5.74, 6) is 0. The molecule has 0 amide bonds. The third kappa shape index (κ3) is 3.53. The average Bonchev–Trinajstić information content (AvgIpc) is 2.44. The van der Waals surface area contributed by atoms with Gasteiger partial charge < -0.3 is 10.5 Å². The van der Waals surface area contributed by atoms with Crippen molar-refractivity contribution in [3.8, 4) is 0 Å². The first kappa shape index (κ1) is 15.8. The van der Waals surface area contributed by atoms with Crippen LogP contribution in [0.4, 0.5) is 0 Å². The molecule has 1 saturated heterocycles. The zero-order valence-electron chi connectivity index (χ0n) is 12.6. The second-order valence-electron chi connectivity index (χ2n) is 5.76. The Kier molecular flexibility index (Phi) is 5.44. The van der Waals surface area contributed by atoms with Crippen molar-refractivity contribution in [1.82, 2.24) is 4.90 Å². The molecule has 0 aliphatic carbocycles. The molecule has 0 bridgehead atoms. The molecule has 0 saturated carbocycles. The number of rotatable bonds is 4. The van der Waals surface area contributed by atoms with Crippen LogP contribution < -0.4 is 5.73 Å². The van der Waals surface area contributed by atoms with Crippen molar-refractivity contribution in [2.45, 2.75) is 51.4 Å². The van der Waals surface area contributed by atoms with Gasteiger partial charge >= 0.3 is 0 Å². The topological polar surface area (TPSA) is 38.5 Å². The van der Waals surface area contributed by atoms with Gasteiger partial charge in [-0.1, -0.05) is 30.7 Å². The van der Waals surface area contributed by atoms with Crippen LogP contribution in [0.3, 0.4) is 0 Å². The van der Waals surface area contributed by atoms with Gasteiger partial charge in [0, 0.05) is 23.7 Å². The number of nitrogens with zero attached hydrogens (tertiary/aromatic N) is 1. The second kappa shape index (κ2) is 6.90. The first-order valence-electron chi connectivity index (χ1n) is 7.41. The summed E-state index contributed by atoms with van der Waals surface area (Å²) in [5.41, 5.74) is 7.65. The van der Waals surface area contributed by atoms with E-state index in [-0.39, 0.29) is 18.2 Å². The molecule has 0 aromatic heterocycles. The van der Waals surface area contributed by atoms with Crippen LogP contribution in [0.15, 0.2) is 24.3 Å². The van der Waals surface area contributed by atoms with Crippen molar-refractivity contribution in [1.29, 1.82) is 0 Å². The quantitative estimate of drug-likeness (QED) is 0.927. The summed E-state index contributed by atoms with van der Waals surface area (Å²) in [5, 5.41) is 0.765. The Labute approximate surface area is 127 Å².